The Hall–Kier alpha value is -2.45. The molecular weight excluding hydrogens is 332 g/mol. The van der Waals surface area contributed by atoms with Gasteiger partial charge in [0.15, 0.2) is 0 Å². The van der Waals surface area contributed by atoms with Gasteiger partial charge in [0.05, 0.1) is 22.0 Å². The van der Waals surface area contributed by atoms with Crippen LogP contribution in [0.1, 0.15) is 25.5 Å². The van der Waals surface area contributed by atoms with Crippen LogP contribution in [-0.4, -0.2) is 9.85 Å². The summed E-state index contributed by atoms with van der Waals surface area (Å²) in [6.07, 6.45) is -0.258. The topological polar surface area (TPSA) is 95.5 Å². The quantitative estimate of drug-likeness (QED) is 0.400. The molecule has 7 nitrogen and oxygen atoms in total. The van der Waals surface area contributed by atoms with Gasteiger partial charge in [0, 0.05) is 18.1 Å². The lowest BCUT2D eigenvalue weighted by Gasteiger charge is -2.20. The highest BCUT2D eigenvalue weighted by molar-refractivity contribution is 7.94. The predicted octanol–water partition coefficient (Wildman–Crippen LogP) is 4.92. The van der Waals surface area contributed by atoms with Crippen molar-refractivity contribution >= 4 is 23.4 Å². The van der Waals surface area contributed by atoms with Crippen LogP contribution in [0.25, 0.3) is 0 Å². The van der Waals surface area contributed by atoms with Gasteiger partial charge < -0.3 is 4.18 Å². The molecule has 0 heterocycles. The molecule has 0 spiro atoms. The Kier molecular flexibility index (Phi) is 5.88. The average Bonchev–Trinajstić information content (AvgIpc) is 2.55. The molecule has 0 aliphatic heterocycles. The maximum Gasteiger partial charge on any atom is 0.292 e. The number of nitro benzene ring substituents is 2. The van der Waals surface area contributed by atoms with Gasteiger partial charge in [0.2, 0.25) is 0 Å². The van der Waals surface area contributed by atoms with E-state index < -0.39 is 9.85 Å². The lowest BCUT2D eigenvalue weighted by molar-refractivity contribution is -0.396. The predicted molar refractivity (Wildman–Crippen MR) is 90.7 cm³/mol. The molecule has 0 amide bonds. The van der Waals surface area contributed by atoms with Crippen LogP contribution in [-0.2, 0) is 4.18 Å². The molecule has 0 aromatic heterocycles. The highest BCUT2D eigenvalue weighted by Gasteiger charge is 2.23. The highest BCUT2D eigenvalue weighted by Crippen LogP contribution is 2.38. The molecular formula is C16H16N2O5S. The molecule has 0 saturated carbocycles. The molecule has 2 aromatic carbocycles. The summed E-state index contributed by atoms with van der Waals surface area (Å²) in [5.41, 5.74) is 0.295. The standard InChI is InChI=1S/C16H16N2O5S/c1-11(2)16(12-6-4-3-5-7-12)23-24-15-9-8-13(17(19)20)10-14(15)18(21)22/h3-11,16H,1-2H3/t16-/m0/s1. The number of hydrogen-bond acceptors (Lipinski definition) is 6. The van der Waals surface area contributed by atoms with Gasteiger partial charge in [-0.25, -0.2) is 0 Å². The molecule has 0 unspecified atom stereocenters. The Morgan fingerprint density at radius 1 is 1.00 bits per heavy atom. The molecule has 0 N–H and O–H groups in total. The van der Waals surface area contributed by atoms with Gasteiger partial charge in [-0.3, -0.25) is 20.2 Å². The van der Waals surface area contributed by atoms with Crippen molar-refractivity contribution in [1.82, 2.24) is 0 Å². The third-order valence-corrected chi connectivity index (χ3v) is 4.15. The third-order valence-electron chi connectivity index (χ3n) is 3.33. The normalized spacial score (nSPS) is 12.1. The fourth-order valence-corrected chi connectivity index (χ4v) is 3.01. The SMILES string of the molecule is CC(C)[C@H](OSc1ccc([N+](=O)[O-])cc1[N+](=O)[O-])c1ccccc1. The summed E-state index contributed by atoms with van der Waals surface area (Å²) in [6, 6.07) is 13.0. The summed E-state index contributed by atoms with van der Waals surface area (Å²) >= 11 is 0.863. The van der Waals surface area contributed by atoms with Crippen molar-refractivity contribution in [1.29, 1.82) is 0 Å². The summed E-state index contributed by atoms with van der Waals surface area (Å²) in [6.45, 7) is 3.98. The van der Waals surface area contributed by atoms with E-state index in [-0.39, 0.29) is 28.3 Å². The van der Waals surface area contributed by atoms with Crippen LogP contribution in [0.4, 0.5) is 11.4 Å². The zero-order valence-corrected chi connectivity index (χ0v) is 13.9. The molecule has 0 fully saturated rings. The highest BCUT2D eigenvalue weighted by atomic mass is 32.2. The van der Waals surface area contributed by atoms with Crippen molar-refractivity contribution < 1.29 is 14.0 Å². The van der Waals surface area contributed by atoms with Crippen molar-refractivity contribution in [2.24, 2.45) is 5.92 Å². The Morgan fingerprint density at radius 2 is 1.67 bits per heavy atom. The van der Waals surface area contributed by atoms with E-state index in [0.717, 1.165) is 23.7 Å². The maximum atomic E-state index is 11.2. The van der Waals surface area contributed by atoms with Crippen LogP contribution >= 0.6 is 12.0 Å². The molecule has 0 radical (unpaired) electrons. The fourth-order valence-electron chi connectivity index (χ4n) is 2.13. The molecule has 1 atom stereocenters. The number of rotatable bonds is 7. The van der Waals surface area contributed by atoms with Gasteiger partial charge in [-0.15, -0.1) is 0 Å². The van der Waals surface area contributed by atoms with Crippen LogP contribution in [0.3, 0.4) is 0 Å². The van der Waals surface area contributed by atoms with Crippen molar-refractivity contribution in [3.8, 4) is 0 Å². The van der Waals surface area contributed by atoms with E-state index in [1.165, 1.54) is 12.1 Å². The van der Waals surface area contributed by atoms with E-state index in [9.17, 15) is 20.2 Å². The Balaban J connectivity index is 2.23. The second-order valence-corrected chi connectivity index (χ2v) is 6.22. The minimum absolute atomic E-state index is 0.150. The summed E-state index contributed by atoms with van der Waals surface area (Å²) < 4.78 is 5.81. The number of nitro groups is 2. The zero-order chi connectivity index (χ0) is 17.7. The Labute approximate surface area is 143 Å². The van der Waals surface area contributed by atoms with Gasteiger partial charge in [-0.2, -0.15) is 0 Å². The van der Waals surface area contributed by atoms with Gasteiger partial charge in [-0.05, 0) is 17.5 Å². The van der Waals surface area contributed by atoms with Crippen LogP contribution < -0.4 is 0 Å². The molecule has 0 bridgehead atoms. The average molecular weight is 348 g/mol. The first-order valence-electron chi connectivity index (χ1n) is 7.21. The Bertz CT molecular complexity index is 737. The molecule has 0 aliphatic rings. The molecule has 24 heavy (non-hydrogen) atoms. The lowest BCUT2D eigenvalue weighted by Crippen LogP contribution is -2.07. The van der Waals surface area contributed by atoms with Gasteiger partial charge in [0.1, 0.15) is 4.90 Å². The summed E-state index contributed by atoms with van der Waals surface area (Å²) in [4.78, 5) is 20.8. The summed E-state index contributed by atoms with van der Waals surface area (Å²) in [5, 5.41) is 21.9. The van der Waals surface area contributed by atoms with Crippen LogP contribution in [0.15, 0.2) is 53.4 Å². The largest absolute Gasteiger partial charge is 0.302 e. The Morgan fingerprint density at radius 3 is 2.21 bits per heavy atom. The van der Waals surface area contributed by atoms with Crippen molar-refractivity contribution in [3.63, 3.8) is 0 Å². The monoisotopic (exact) mass is 348 g/mol. The fraction of sp³-hybridized carbons (Fsp3) is 0.250. The molecule has 2 rings (SSSR count). The molecule has 0 aliphatic carbocycles. The van der Waals surface area contributed by atoms with Crippen molar-refractivity contribution in [3.05, 3.63) is 74.3 Å². The second kappa shape index (κ2) is 7.89. The first kappa shape index (κ1) is 17.9. The summed E-state index contributed by atoms with van der Waals surface area (Å²) in [5.74, 6) is 0.150. The summed E-state index contributed by atoms with van der Waals surface area (Å²) in [7, 11) is 0. The third kappa shape index (κ3) is 4.30. The van der Waals surface area contributed by atoms with Crippen LogP contribution in [0, 0.1) is 26.1 Å². The number of benzene rings is 2. The molecule has 8 heteroatoms. The molecule has 2 aromatic rings. The van der Waals surface area contributed by atoms with Gasteiger partial charge >= 0.3 is 0 Å². The van der Waals surface area contributed by atoms with Crippen molar-refractivity contribution in [2.45, 2.75) is 24.8 Å². The van der Waals surface area contributed by atoms with E-state index in [0.29, 0.717) is 0 Å². The molecule has 126 valence electrons. The minimum atomic E-state index is -0.663. The molecule has 0 saturated heterocycles. The van der Waals surface area contributed by atoms with E-state index in [1.807, 2.05) is 44.2 Å². The van der Waals surface area contributed by atoms with Crippen molar-refractivity contribution in [2.75, 3.05) is 0 Å². The first-order chi connectivity index (χ1) is 11.4. The van der Waals surface area contributed by atoms with Crippen LogP contribution in [0.5, 0.6) is 0 Å². The smallest absolute Gasteiger partial charge is 0.292 e. The van der Waals surface area contributed by atoms with E-state index in [2.05, 4.69) is 0 Å². The zero-order valence-electron chi connectivity index (χ0n) is 13.1. The minimum Gasteiger partial charge on any atom is -0.302 e. The van der Waals surface area contributed by atoms with E-state index in [1.54, 1.807) is 0 Å². The number of hydrogen-bond donors (Lipinski definition) is 0. The second-order valence-electron chi connectivity index (χ2n) is 5.42. The first-order valence-corrected chi connectivity index (χ1v) is 7.95. The van der Waals surface area contributed by atoms with Gasteiger partial charge in [0.25, 0.3) is 11.4 Å². The maximum absolute atomic E-state index is 11.2. The van der Waals surface area contributed by atoms with Gasteiger partial charge in [-0.1, -0.05) is 44.2 Å². The van der Waals surface area contributed by atoms with E-state index in [4.69, 9.17) is 4.18 Å². The number of nitrogens with zero attached hydrogens (tertiary/aromatic N) is 2. The lowest BCUT2D eigenvalue weighted by atomic mass is 9.99. The van der Waals surface area contributed by atoms with Crippen LogP contribution in [0.2, 0.25) is 0 Å². The van der Waals surface area contributed by atoms with E-state index >= 15 is 0 Å². The number of non-ortho nitro benzene ring substituents is 1.